The lowest BCUT2D eigenvalue weighted by Gasteiger charge is -2.19. The second-order valence-corrected chi connectivity index (χ2v) is 7.16. The lowest BCUT2D eigenvalue weighted by molar-refractivity contribution is -0.136. The molecular weight excluding hydrogens is 305 g/mol. The summed E-state index contributed by atoms with van der Waals surface area (Å²) in [6.07, 6.45) is -4.61. The highest BCUT2D eigenvalue weighted by Crippen LogP contribution is 2.35. The Morgan fingerprint density at radius 3 is 2.24 bits per heavy atom. The molecule has 0 aliphatic rings. The quantitative estimate of drug-likeness (QED) is 0.846. The minimum Gasteiger partial charge on any atom is -0.313 e. The molecule has 21 heavy (non-hydrogen) atoms. The Kier molecular flexibility index (Phi) is 5.63. The van der Waals surface area contributed by atoms with Gasteiger partial charge in [0.15, 0.2) is 0 Å². The van der Waals surface area contributed by atoms with Crippen molar-refractivity contribution in [1.29, 1.82) is 0 Å². The summed E-state index contributed by atoms with van der Waals surface area (Å²) in [7, 11) is -3.90. The van der Waals surface area contributed by atoms with Crippen molar-refractivity contribution in [1.82, 2.24) is 5.32 Å². The first-order chi connectivity index (χ1) is 9.54. The van der Waals surface area contributed by atoms with E-state index >= 15 is 0 Å². The molecule has 2 N–H and O–H groups in total. The Morgan fingerprint density at radius 2 is 1.71 bits per heavy atom. The van der Waals surface area contributed by atoms with Crippen LogP contribution in [0.3, 0.4) is 0 Å². The molecule has 0 aromatic heterocycles. The van der Waals surface area contributed by atoms with Crippen LogP contribution >= 0.6 is 0 Å². The molecular formula is C13H19F3N2O2S. The average Bonchev–Trinajstić information content (AvgIpc) is 2.34. The highest BCUT2D eigenvalue weighted by molar-refractivity contribution is 7.93. The molecule has 0 saturated carbocycles. The highest BCUT2D eigenvalue weighted by atomic mass is 32.2. The zero-order chi connectivity index (χ0) is 16.3. The van der Waals surface area contributed by atoms with Crippen LogP contribution in [0.5, 0.6) is 0 Å². The first-order valence-corrected chi connectivity index (χ1v) is 8.00. The van der Waals surface area contributed by atoms with Crippen LogP contribution in [-0.2, 0) is 16.2 Å². The molecule has 0 spiro atoms. The van der Waals surface area contributed by atoms with Crippen molar-refractivity contribution in [3.8, 4) is 0 Å². The maximum atomic E-state index is 12.8. The van der Waals surface area contributed by atoms with Gasteiger partial charge in [-0.05, 0) is 19.1 Å². The molecule has 1 aromatic rings. The molecule has 4 nitrogen and oxygen atoms in total. The summed E-state index contributed by atoms with van der Waals surface area (Å²) < 4.78 is 64.7. The fourth-order valence-corrected chi connectivity index (χ4v) is 2.59. The largest absolute Gasteiger partial charge is 0.418 e. The number of hydrogen-bond donors (Lipinski definition) is 2. The minimum atomic E-state index is -4.61. The van der Waals surface area contributed by atoms with Crippen LogP contribution < -0.4 is 10.0 Å². The molecule has 1 rings (SSSR count). The topological polar surface area (TPSA) is 58.2 Å². The molecule has 0 heterocycles. The van der Waals surface area contributed by atoms with E-state index in [1.54, 1.807) is 0 Å². The van der Waals surface area contributed by atoms with Crippen LogP contribution in [0, 0.1) is 0 Å². The molecule has 1 aromatic carbocycles. The molecule has 1 atom stereocenters. The summed E-state index contributed by atoms with van der Waals surface area (Å²) >= 11 is 0. The normalized spacial score (nSPS) is 14.2. The molecule has 0 aliphatic carbocycles. The maximum Gasteiger partial charge on any atom is 0.418 e. The molecule has 120 valence electrons. The third kappa shape index (κ3) is 5.20. The predicted octanol–water partition coefficient (Wildman–Crippen LogP) is 2.83. The van der Waals surface area contributed by atoms with Crippen molar-refractivity contribution in [3.05, 3.63) is 29.8 Å². The van der Waals surface area contributed by atoms with Crippen LogP contribution in [0.25, 0.3) is 0 Å². The maximum absolute atomic E-state index is 12.8. The SMILES string of the molecule is CC(C)NCC(C)S(=O)(=O)Nc1ccccc1C(F)(F)F. The summed E-state index contributed by atoms with van der Waals surface area (Å²) in [5.41, 5.74) is -1.46. The summed E-state index contributed by atoms with van der Waals surface area (Å²) in [6.45, 7) is 5.30. The Bertz CT molecular complexity index is 571. The van der Waals surface area contributed by atoms with Gasteiger partial charge in [-0.1, -0.05) is 26.0 Å². The number of para-hydroxylation sites is 1. The van der Waals surface area contributed by atoms with Crippen molar-refractivity contribution in [2.45, 2.75) is 38.2 Å². The third-order valence-corrected chi connectivity index (χ3v) is 4.56. The molecule has 0 bridgehead atoms. The molecule has 0 amide bonds. The van der Waals surface area contributed by atoms with E-state index in [2.05, 4.69) is 5.32 Å². The van der Waals surface area contributed by atoms with Crippen LogP contribution in [0.4, 0.5) is 18.9 Å². The molecule has 8 heteroatoms. The third-order valence-electron chi connectivity index (χ3n) is 2.83. The van der Waals surface area contributed by atoms with Gasteiger partial charge in [0.25, 0.3) is 0 Å². The summed E-state index contributed by atoms with van der Waals surface area (Å²) in [5, 5.41) is 2.08. The molecule has 0 aliphatic heterocycles. The Balaban J connectivity index is 2.95. The van der Waals surface area contributed by atoms with E-state index in [1.807, 2.05) is 18.6 Å². The van der Waals surface area contributed by atoms with Crippen LogP contribution in [0.2, 0.25) is 0 Å². The standard InChI is InChI=1S/C13H19F3N2O2S/c1-9(2)17-8-10(3)21(19,20)18-12-7-5-4-6-11(12)13(14,15)16/h4-7,9-10,17-18H,8H2,1-3H3. The Labute approximate surface area is 122 Å². The van der Waals surface area contributed by atoms with Crippen molar-refractivity contribution in [2.75, 3.05) is 11.3 Å². The zero-order valence-corrected chi connectivity index (χ0v) is 12.8. The van der Waals surface area contributed by atoms with E-state index in [1.165, 1.54) is 19.1 Å². The number of benzene rings is 1. The number of hydrogen-bond acceptors (Lipinski definition) is 3. The first kappa shape index (κ1) is 17.8. The van der Waals surface area contributed by atoms with Crippen molar-refractivity contribution >= 4 is 15.7 Å². The lowest BCUT2D eigenvalue weighted by atomic mass is 10.2. The lowest BCUT2D eigenvalue weighted by Crippen LogP contribution is -2.37. The van der Waals surface area contributed by atoms with E-state index < -0.39 is 32.7 Å². The summed E-state index contributed by atoms with van der Waals surface area (Å²) in [4.78, 5) is 0. The van der Waals surface area contributed by atoms with E-state index in [4.69, 9.17) is 0 Å². The summed E-state index contributed by atoms with van der Waals surface area (Å²) in [5.74, 6) is 0. The van der Waals surface area contributed by atoms with Crippen molar-refractivity contribution in [3.63, 3.8) is 0 Å². The number of rotatable bonds is 6. The monoisotopic (exact) mass is 324 g/mol. The van der Waals surface area contributed by atoms with Crippen LogP contribution in [-0.4, -0.2) is 26.3 Å². The van der Waals surface area contributed by atoms with E-state index in [0.29, 0.717) is 0 Å². The Morgan fingerprint density at radius 1 is 1.14 bits per heavy atom. The highest BCUT2D eigenvalue weighted by Gasteiger charge is 2.34. The van der Waals surface area contributed by atoms with Crippen molar-refractivity contribution < 1.29 is 21.6 Å². The van der Waals surface area contributed by atoms with Gasteiger partial charge in [-0.15, -0.1) is 0 Å². The predicted molar refractivity (Wildman–Crippen MR) is 76.6 cm³/mol. The van der Waals surface area contributed by atoms with Gasteiger partial charge >= 0.3 is 6.18 Å². The zero-order valence-electron chi connectivity index (χ0n) is 12.0. The van der Waals surface area contributed by atoms with Crippen LogP contribution in [0.15, 0.2) is 24.3 Å². The fraction of sp³-hybridized carbons (Fsp3) is 0.538. The number of alkyl halides is 3. The second kappa shape index (κ2) is 6.65. The molecule has 1 unspecified atom stereocenters. The van der Waals surface area contributed by atoms with E-state index in [-0.39, 0.29) is 12.6 Å². The number of sulfonamides is 1. The van der Waals surface area contributed by atoms with Gasteiger partial charge in [-0.25, -0.2) is 8.42 Å². The van der Waals surface area contributed by atoms with Gasteiger partial charge in [0.2, 0.25) is 10.0 Å². The first-order valence-electron chi connectivity index (χ1n) is 6.45. The molecule has 0 saturated heterocycles. The number of halogens is 3. The van der Waals surface area contributed by atoms with Gasteiger partial charge in [-0.3, -0.25) is 4.72 Å². The number of anilines is 1. The van der Waals surface area contributed by atoms with Gasteiger partial charge < -0.3 is 5.32 Å². The minimum absolute atomic E-state index is 0.0881. The number of nitrogens with one attached hydrogen (secondary N) is 2. The fourth-order valence-electron chi connectivity index (χ4n) is 1.58. The molecule has 0 fully saturated rings. The Hall–Kier alpha value is -1.28. The molecule has 0 radical (unpaired) electrons. The van der Waals surface area contributed by atoms with Crippen LogP contribution in [0.1, 0.15) is 26.3 Å². The van der Waals surface area contributed by atoms with Crippen molar-refractivity contribution in [2.24, 2.45) is 0 Å². The smallest absolute Gasteiger partial charge is 0.313 e. The van der Waals surface area contributed by atoms with E-state index in [9.17, 15) is 21.6 Å². The van der Waals surface area contributed by atoms with E-state index in [0.717, 1.165) is 12.1 Å². The van der Waals surface area contributed by atoms with Gasteiger partial charge in [-0.2, -0.15) is 13.2 Å². The second-order valence-electron chi connectivity index (χ2n) is 5.06. The van der Waals surface area contributed by atoms with Gasteiger partial charge in [0.05, 0.1) is 16.5 Å². The summed E-state index contributed by atoms with van der Waals surface area (Å²) in [6, 6.07) is 4.59. The van der Waals surface area contributed by atoms with Gasteiger partial charge in [0, 0.05) is 12.6 Å². The van der Waals surface area contributed by atoms with Gasteiger partial charge in [0.1, 0.15) is 0 Å². The average molecular weight is 324 g/mol.